The van der Waals surface area contributed by atoms with Crippen LogP contribution in [0.15, 0.2) is 24.3 Å². The number of carbonyl (C=O) groups is 2. The van der Waals surface area contributed by atoms with Crippen molar-refractivity contribution in [2.75, 3.05) is 6.54 Å². The third kappa shape index (κ3) is 4.84. The van der Waals surface area contributed by atoms with E-state index in [-0.39, 0.29) is 11.7 Å². The van der Waals surface area contributed by atoms with E-state index in [0.717, 1.165) is 22.5 Å². The van der Waals surface area contributed by atoms with E-state index in [4.69, 9.17) is 5.73 Å². The summed E-state index contributed by atoms with van der Waals surface area (Å²) in [6.07, 6.45) is -2.85. The molecule has 0 radical (unpaired) electrons. The van der Waals surface area contributed by atoms with Crippen molar-refractivity contribution in [2.45, 2.75) is 38.5 Å². The minimum absolute atomic E-state index is 0.0920. The van der Waals surface area contributed by atoms with E-state index >= 15 is 0 Å². The average molecular weight is 396 g/mol. The maximum absolute atomic E-state index is 12.9. The van der Waals surface area contributed by atoms with Crippen molar-refractivity contribution in [3.63, 3.8) is 0 Å². The Bertz CT molecular complexity index is 861. The first-order valence-electron chi connectivity index (χ1n) is 8.68. The summed E-state index contributed by atoms with van der Waals surface area (Å²) < 4.78 is 38.7. The van der Waals surface area contributed by atoms with Crippen LogP contribution in [0.4, 0.5) is 13.2 Å². The SMILES string of the molecule is CC(C1CC1)N(CC(F)(F)F)C(=O)Cn1nnc(-c2ccc(C(N)=O)cc2)n1. The van der Waals surface area contributed by atoms with Gasteiger partial charge in [0.25, 0.3) is 0 Å². The number of aromatic nitrogens is 4. The van der Waals surface area contributed by atoms with Gasteiger partial charge in [0.05, 0.1) is 0 Å². The van der Waals surface area contributed by atoms with Gasteiger partial charge in [-0.2, -0.15) is 18.0 Å². The molecule has 2 aromatic rings. The van der Waals surface area contributed by atoms with Gasteiger partial charge < -0.3 is 10.6 Å². The molecule has 150 valence electrons. The van der Waals surface area contributed by atoms with Crippen LogP contribution >= 0.6 is 0 Å². The molecule has 1 unspecified atom stereocenters. The molecule has 2 N–H and O–H groups in total. The Morgan fingerprint density at radius 1 is 1.29 bits per heavy atom. The van der Waals surface area contributed by atoms with Gasteiger partial charge in [0.2, 0.25) is 17.6 Å². The molecule has 1 aliphatic carbocycles. The summed E-state index contributed by atoms with van der Waals surface area (Å²) in [5, 5.41) is 11.6. The van der Waals surface area contributed by atoms with Gasteiger partial charge in [-0.3, -0.25) is 9.59 Å². The fraction of sp³-hybridized carbons (Fsp3) is 0.471. The molecule has 11 heteroatoms. The van der Waals surface area contributed by atoms with Crippen molar-refractivity contribution in [3.05, 3.63) is 29.8 Å². The smallest absolute Gasteiger partial charge is 0.366 e. The standard InChI is InChI=1S/C17H19F3N6O2/c1-10(11-2-3-11)25(9-17(18,19)20)14(27)8-26-23-16(22-24-26)13-6-4-12(5-7-13)15(21)28/h4-7,10-11H,2-3,8-9H2,1H3,(H2,21,28). The van der Waals surface area contributed by atoms with Crippen LogP contribution in [0.2, 0.25) is 0 Å². The molecule has 1 fully saturated rings. The van der Waals surface area contributed by atoms with Crippen molar-refractivity contribution < 1.29 is 22.8 Å². The topological polar surface area (TPSA) is 107 Å². The first-order chi connectivity index (χ1) is 13.1. The number of alkyl halides is 3. The van der Waals surface area contributed by atoms with Crippen LogP contribution < -0.4 is 5.73 Å². The number of benzene rings is 1. The van der Waals surface area contributed by atoms with Gasteiger partial charge in [-0.05, 0) is 43.0 Å². The fourth-order valence-corrected chi connectivity index (χ4v) is 2.91. The minimum atomic E-state index is -4.48. The summed E-state index contributed by atoms with van der Waals surface area (Å²) in [4.78, 5) is 25.4. The Morgan fingerprint density at radius 3 is 2.46 bits per heavy atom. The first kappa shape index (κ1) is 19.8. The van der Waals surface area contributed by atoms with Gasteiger partial charge in [0, 0.05) is 17.2 Å². The number of amides is 2. The second-order valence-electron chi connectivity index (χ2n) is 6.80. The molecule has 1 atom stereocenters. The fourth-order valence-electron chi connectivity index (χ4n) is 2.91. The maximum Gasteiger partial charge on any atom is 0.406 e. The third-order valence-electron chi connectivity index (χ3n) is 4.62. The summed E-state index contributed by atoms with van der Waals surface area (Å²) >= 11 is 0. The molecule has 2 amide bonds. The third-order valence-corrected chi connectivity index (χ3v) is 4.62. The Morgan fingerprint density at radius 2 is 1.93 bits per heavy atom. The van der Waals surface area contributed by atoms with Gasteiger partial charge in [-0.25, -0.2) is 0 Å². The lowest BCUT2D eigenvalue weighted by Gasteiger charge is -2.30. The predicted octanol–water partition coefficient (Wildman–Crippen LogP) is 1.63. The number of carbonyl (C=O) groups excluding carboxylic acids is 2. The summed E-state index contributed by atoms with van der Waals surface area (Å²) in [6.45, 7) is -0.124. The highest BCUT2D eigenvalue weighted by Crippen LogP contribution is 2.36. The van der Waals surface area contributed by atoms with Crippen molar-refractivity contribution >= 4 is 11.8 Å². The van der Waals surface area contributed by atoms with Crippen molar-refractivity contribution in [2.24, 2.45) is 11.7 Å². The quantitative estimate of drug-likeness (QED) is 0.766. The van der Waals surface area contributed by atoms with Crippen LogP contribution in [0.3, 0.4) is 0 Å². The number of nitrogens with two attached hydrogens (primary N) is 1. The number of hydrogen-bond acceptors (Lipinski definition) is 5. The first-order valence-corrected chi connectivity index (χ1v) is 8.68. The van der Waals surface area contributed by atoms with Gasteiger partial charge in [-0.15, -0.1) is 10.2 Å². The molecular formula is C17H19F3N6O2. The van der Waals surface area contributed by atoms with E-state index in [1.54, 1.807) is 19.1 Å². The van der Waals surface area contributed by atoms with E-state index in [9.17, 15) is 22.8 Å². The van der Waals surface area contributed by atoms with Crippen LogP contribution in [0.25, 0.3) is 11.4 Å². The molecule has 1 aromatic carbocycles. The summed E-state index contributed by atoms with van der Waals surface area (Å²) in [5.41, 5.74) is 6.01. The van der Waals surface area contributed by atoms with E-state index in [1.165, 1.54) is 12.1 Å². The van der Waals surface area contributed by atoms with E-state index in [1.807, 2.05) is 0 Å². The van der Waals surface area contributed by atoms with Gasteiger partial charge in [0.15, 0.2) is 0 Å². The van der Waals surface area contributed by atoms with Gasteiger partial charge >= 0.3 is 6.18 Å². The van der Waals surface area contributed by atoms with Gasteiger partial charge in [-0.1, -0.05) is 12.1 Å². The number of nitrogens with zero attached hydrogens (tertiary/aromatic N) is 5. The molecule has 8 nitrogen and oxygen atoms in total. The summed E-state index contributed by atoms with van der Waals surface area (Å²) in [5.74, 6) is -1.02. The normalized spacial score (nSPS) is 15.3. The number of halogens is 3. The Labute approximate surface area is 158 Å². The highest BCUT2D eigenvalue weighted by atomic mass is 19.4. The largest absolute Gasteiger partial charge is 0.406 e. The van der Waals surface area contributed by atoms with Crippen LogP contribution in [-0.2, 0) is 11.3 Å². The van der Waals surface area contributed by atoms with E-state index in [0.29, 0.717) is 11.1 Å². The second kappa shape index (κ2) is 7.56. The molecule has 0 aliphatic heterocycles. The molecular weight excluding hydrogens is 377 g/mol. The molecule has 0 bridgehead atoms. The average Bonchev–Trinajstić information content (AvgIpc) is 3.38. The highest BCUT2D eigenvalue weighted by Gasteiger charge is 2.40. The molecule has 1 saturated carbocycles. The molecule has 0 spiro atoms. The van der Waals surface area contributed by atoms with Crippen molar-refractivity contribution in [1.29, 1.82) is 0 Å². The molecule has 0 saturated heterocycles. The second-order valence-corrected chi connectivity index (χ2v) is 6.80. The lowest BCUT2D eigenvalue weighted by atomic mass is 10.1. The number of tetrazole rings is 1. The zero-order valence-corrected chi connectivity index (χ0v) is 15.1. The maximum atomic E-state index is 12.9. The Hall–Kier alpha value is -2.98. The van der Waals surface area contributed by atoms with Crippen LogP contribution in [0.5, 0.6) is 0 Å². The predicted molar refractivity (Wildman–Crippen MR) is 91.7 cm³/mol. The molecule has 3 rings (SSSR count). The lowest BCUT2D eigenvalue weighted by Crippen LogP contribution is -2.47. The summed E-state index contributed by atoms with van der Waals surface area (Å²) in [6, 6.07) is 5.61. The Kier molecular flexibility index (Phi) is 5.34. The summed E-state index contributed by atoms with van der Waals surface area (Å²) in [7, 11) is 0. The molecule has 1 heterocycles. The lowest BCUT2D eigenvalue weighted by molar-refractivity contribution is -0.166. The number of primary amides is 1. The number of rotatable bonds is 7. The minimum Gasteiger partial charge on any atom is -0.366 e. The molecule has 28 heavy (non-hydrogen) atoms. The highest BCUT2D eigenvalue weighted by molar-refractivity contribution is 5.93. The zero-order chi connectivity index (χ0) is 20.5. The van der Waals surface area contributed by atoms with Crippen LogP contribution in [-0.4, -0.2) is 55.7 Å². The van der Waals surface area contributed by atoms with E-state index in [2.05, 4.69) is 15.4 Å². The Balaban J connectivity index is 1.71. The molecule has 1 aliphatic rings. The van der Waals surface area contributed by atoms with Crippen molar-refractivity contribution in [3.8, 4) is 11.4 Å². The van der Waals surface area contributed by atoms with Gasteiger partial charge in [0.1, 0.15) is 13.1 Å². The van der Waals surface area contributed by atoms with Crippen LogP contribution in [0, 0.1) is 5.92 Å². The monoisotopic (exact) mass is 396 g/mol. The number of hydrogen-bond donors (Lipinski definition) is 1. The van der Waals surface area contributed by atoms with Crippen LogP contribution in [0.1, 0.15) is 30.1 Å². The van der Waals surface area contributed by atoms with E-state index < -0.39 is 37.1 Å². The van der Waals surface area contributed by atoms with Crippen molar-refractivity contribution in [1.82, 2.24) is 25.1 Å². The zero-order valence-electron chi connectivity index (χ0n) is 15.1. The molecule has 1 aromatic heterocycles.